The Bertz CT molecular complexity index is 421. The molecule has 1 atom stereocenters. The van der Waals surface area contributed by atoms with Gasteiger partial charge in [-0.1, -0.05) is 0 Å². The Morgan fingerprint density at radius 3 is 2.65 bits per heavy atom. The SMILES string of the molecule is NC(=O)[C@@H]1CCCCN1C(=O)c1cncnc1. The molecule has 2 N–H and O–H groups in total. The van der Waals surface area contributed by atoms with Crippen LogP contribution in [0.2, 0.25) is 0 Å². The lowest BCUT2D eigenvalue weighted by Gasteiger charge is -2.33. The van der Waals surface area contributed by atoms with Crippen LogP contribution >= 0.6 is 0 Å². The predicted octanol–water partition coefficient (Wildman–Crippen LogP) is -0.0434. The van der Waals surface area contributed by atoms with Crippen LogP contribution in [0.15, 0.2) is 18.7 Å². The van der Waals surface area contributed by atoms with Crippen molar-refractivity contribution in [3.8, 4) is 0 Å². The van der Waals surface area contributed by atoms with Gasteiger partial charge in [-0.2, -0.15) is 0 Å². The molecule has 6 nitrogen and oxygen atoms in total. The third-order valence-corrected chi connectivity index (χ3v) is 2.90. The molecule has 2 amide bonds. The molecule has 17 heavy (non-hydrogen) atoms. The summed E-state index contributed by atoms with van der Waals surface area (Å²) in [5.41, 5.74) is 5.70. The lowest BCUT2D eigenvalue weighted by molar-refractivity contribution is -0.123. The minimum Gasteiger partial charge on any atom is -0.368 e. The van der Waals surface area contributed by atoms with Crippen LogP contribution in [0.5, 0.6) is 0 Å². The molecule has 0 bridgehead atoms. The van der Waals surface area contributed by atoms with Gasteiger partial charge in [0.1, 0.15) is 12.4 Å². The standard InChI is InChI=1S/C11H14N4O2/c12-10(16)9-3-1-2-4-15(9)11(17)8-5-13-7-14-6-8/h5-7,9H,1-4H2,(H2,12,16)/t9-/m0/s1. The number of piperidine rings is 1. The van der Waals surface area contributed by atoms with E-state index in [0.29, 0.717) is 18.5 Å². The van der Waals surface area contributed by atoms with Crippen molar-refractivity contribution < 1.29 is 9.59 Å². The van der Waals surface area contributed by atoms with Gasteiger partial charge in [-0.25, -0.2) is 9.97 Å². The Morgan fingerprint density at radius 2 is 2.00 bits per heavy atom. The first-order valence-corrected chi connectivity index (χ1v) is 5.55. The molecule has 1 aromatic heterocycles. The van der Waals surface area contributed by atoms with E-state index in [4.69, 9.17) is 5.73 Å². The van der Waals surface area contributed by atoms with Crippen molar-refractivity contribution in [1.29, 1.82) is 0 Å². The predicted molar refractivity (Wildman–Crippen MR) is 59.9 cm³/mol. The van der Waals surface area contributed by atoms with Crippen LogP contribution in [0.4, 0.5) is 0 Å². The Balaban J connectivity index is 2.20. The maximum Gasteiger partial charge on any atom is 0.257 e. The molecular weight excluding hydrogens is 220 g/mol. The van der Waals surface area contributed by atoms with Crippen LogP contribution in [-0.4, -0.2) is 39.3 Å². The Hall–Kier alpha value is -1.98. The van der Waals surface area contributed by atoms with Crippen molar-refractivity contribution in [2.24, 2.45) is 5.73 Å². The molecular formula is C11H14N4O2. The van der Waals surface area contributed by atoms with E-state index in [1.54, 1.807) is 0 Å². The van der Waals surface area contributed by atoms with E-state index in [0.717, 1.165) is 12.8 Å². The highest BCUT2D eigenvalue weighted by molar-refractivity contribution is 5.96. The molecule has 2 heterocycles. The molecule has 0 unspecified atom stereocenters. The Kier molecular flexibility index (Phi) is 3.32. The van der Waals surface area contributed by atoms with Gasteiger partial charge in [0.2, 0.25) is 5.91 Å². The maximum atomic E-state index is 12.2. The molecule has 6 heteroatoms. The molecule has 0 aliphatic carbocycles. The summed E-state index contributed by atoms with van der Waals surface area (Å²) in [4.78, 5) is 32.6. The summed E-state index contributed by atoms with van der Waals surface area (Å²) in [5.74, 6) is -0.677. The summed E-state index contributed by atoms with van der Waals surface area (Å²) >= 11 is 0. The van der Waals surface area contributed by atoms with Gasteiger partial charge < -0.3 is 10.6 Å². The van der Waals surface area contributed by atoms with E-state index < -0.39 is 11.9 Å². The first-order chi connectivity index (χ1) is 8.20. The molecule has 1 saturated heterocycles. The molecule has 0 aromatic carbocycles. The zero-order chi connectivity index (χ0) is 12.3. The van der Waals surface area contributed by atoms with Gasteiger partial charge in [0.15, 0.2) is 0 Å². The fraction of sp³-hybridized carbons (Fsp3) is 0.455. The lowest BCUT2D eigenvalue weighted by Crippen LogP contribution is -2.50. The third kappa shape index (κ3) is 2.41. The first kappa shape index (κ1) is 11.5. The molecule has 1 aromatic rings. The monoisotopic (exact) mass is 234 g/mol. The highest BCUT2D eigenvalue weighted by atomic mass is 16.2. The normalized spacial score (nSPS) is 20.0. The van der Waals surface area contributed by atoms with Crippen LogP contribution in [0.1, 0.15) is 29.6 Å². The average molecular weight is 234 g/mol. The fourth-order valence-electron chi connectivity index (χ4n) is 2.05. The number of hydrogen-bond donors (Lipinski definition) is 1. The summed E-state index contributed by atoms with van der Waals surface area (Å²) in [5, 5.41) is 0. The smallest absolute Gasteiger partial charge is 0.257 e. The third-order valence-electron chi connectivity index (χ3n) is 2.90. The average Bonchev–Trinajstić information content (AvgIpc) is 2.39. The number of likely N-dealkylation sites (tertiary alicyclic amines) is 1. The van der Waals surface area contributed by atoms with E-state index in [2.05, 4.69) is 9.97 Å². The van der Waals surface area contributed by atoms with Crippen LogP contribution in [0.3, 0.4) is 0 Å². The fourth-order valence-corrected chi connectivity index (χ4v) is 2.05. The van der Waals surface area contributed by atoms with E-state index in [9.17, 15) is 9.59 Å². The number of aromatic nitrogens is 2. The molecule has 0 radical (unpaired) electrons. The lowest BCUT2D eigenvalue weighted by atomic mass is 10.0. The number of amides is 2. The molecule has 0 spiro atoms. The van der Waals surface area contributed by atoms with Crippen molar-refractivity contribution in [2.45, 2.75) is 25.3 Å². The molecule has 1 aliphatic rings. The number of hydrogen-bond acceptors (Lipinski definition) is 4. The molecule has 90 valence electrons. The summed E-state index contributed by atoms with van der Waals surface area (Å²) in [6.45, 7) is 0.557. The quantitative estimate of drug-likeness (QED) is 0.777. The van der Waals surface area contributed by atoms with E-state index in [1.807, 2.05) is 0 Å². The van der Waals surface area contributed by atoms with Gasteiger partial charge in [-0.15, -0.1) is 0 Å². The van der Waals surface area contributed by atoms with Gasteiger partial charge >= 0.3 is 0 Å². The van der Waals surface area contributed by atoms with Crippen molar-refractivity contribution in [3.63, 3.8) is 0 Å². The zero-order valence-corrected chi connectivity index (χ0v) is 9.37. The topological polar surface area (TPSA) is 89.2 Å². The molecule has 2 rings (SSSR count). The minimum atomic E-state index is -0.503. The van der Waals surface area contributed by atoms with E-state index >= 15 is 0 Å². The minimum absolute atomic E-state index is 0.228. The van der Waals surface area contributed by atoms with Gasteiger partial charge in [-0.05, 0) is 19.3 Å². The number of rotatable bonds is 2. The van der Waals surface area contributed by atoms with Gasteiger partial charge in [0, 0.05) is 18.9 Å². The number of carbonyl (C=O) groups excluding carboxylic acids is 2. The zero-order valence-electron chi connectivity index (χ0n) is 9.37. The largest absolute Gasteiger partial charge is 0.368 e. The second kappa shape index (κ2) is 4.90. The number of nitrogens with two attached hydrogens (primary N) is 1. The first-order valence-electron chi connectivity index (χ1n) is 5.55. The van der Waals surface area contributed by atoms with Crippen molar-refractivity contribution in [2.75, 3.05) is 6.54 Å². The van der Waals surface area contributed by atoms with Crippen LogP contribution < -0.4 is 5.73 Å². The Morgan fingerprint density at radius 1 is 1.29 bits per heavy atom. The number of nitrogens with zero attached hydrogens (tertiary/aromatic N) is 3. The summed E-state index contributed by atoms with van der Waals surface area (Å²) in [6.07, 6.45) is 6.70. The summed E-state index contributed by atoms with van der Waals surface area (Å²) in [7, 11) is 0. The van der Waals surface area contributed by atoms with E-state index in [1.165, 1.54) is 23.6 Å². The van der Waals surface area contributed by atoms with Crippen molar-refractivity contribution in [1.82, 2.24) is 14.9 Å². The van der Waals surface area contributed by atoms with Crippen molar-refractivity contribution >= 4 is 11.8 Å². The highest BCUT2D eigenvalue weighted by Crippen LogP contribution is 2.18. The van der Waals surface area contributed by atoms with Crippen LogP contribution in [0, 0.1) is 0 Å². The van der Waals surface area contributed by atoms with Crippen LogP contribution in [-0.2, 0) is 4.79 Å². The molecule has 1 aliphatic heterocycles. The van der Waals surface area contributed by atoms with E-state index in [-0.39, 0.29) is 5.91 Å². The van der Waals surface area contributed by atoms with Gasteiger partial charge in [-0.3, -0.25) is 9.59 Å². The molecule has 0 saturated carbocycles. The van der Waals surface area contributed by atoms with Gasteiger partial charge in [0.25, 0.3) is 5.91 Å². The van der Waals surface area contributed by atoms with Gasteiger partial charge in [0.05, 0.1) is 5.56 Å². The summed E-state index contributed by atoms with van der Waals surface area (Å²) < 4.78 is 0. The number of primary amides is 1. The summed E-state index contributed by atoms with van der Waals surface area (Å²) in [6, 6.07) is -0.503. The van der Waals surface area contributed by atoms with Crippen LogP contribution in [0.25, 0.3) is 0 Å². The highest BCUT2D eigenvalue weighted by Gasteiger charge is 2.31. The Labute approximate surface area is 98.8 Å². The van der Waals surface area contributed by atoms with Crippen molar-refractivity contribution in [3.05, 3.63) is 24.3 Å². The number of carbonyl (C=O) groups is 2. The molecule has 1 fully saturated rings. The maximum absolute atomic E-state index is 12.2. The second-order valence-corrected chi connectivity index (χ2v) is 4.04. The second-order valence-electron chi connectivity index (χ2n) is 4.04.